The fourth-order valence-electron chi connectivity index (χ4n) is 1.66. The molecule has 80 valence electrons. The number of benzene rings is 1. The fourth-order valence-corrected chi connectivity index (χ4v) is 1.66. The number of amides is 1. The lowest BCUT2D eigenvalue weighted by Gasteiger charge is -2.24. The smallest absolute Gasteiger partial charge is 0.223 e. The Morgan fingerprint density at radius 3 is 2.73 bits per heavy atom. The third kappa shape index (κ3) is 2.29. The molecule has 0 bridgehead atoms. The van der Waals surface area contributed by atoms with Crippen LogP contribution < -0.4 is 5.32 Å². The van der Waals surface area contributed by atoms with Crippen molar-refractivity contribution in [3.8, 4) is 5.75 Å². The Balaban J connectivity index is 1.87. The average molecular weight is 205 g/mol. The molecule has 0 radical (unpaired) electrons. The van der Waals surface area contributed by atoms with Gasteiger partial charge < -0.3 is 10.4 Å². The Morgan fingerprint density at radius 1 is 1.40 bits per heavy atom. The van der Waals surface area contributed by atoms with Crippen LogP contribution in [0.25, 0.3) is 0 Å². The number of hydrogen-bond acceptors (Lipinski definition) is 2. The van der Waals surface area contributed by atoms with Crippen LogP contribution in [0.2, 0.25) is 0 Å². The van der Waals surface area contributed by atoms with Gasteiger partial charge in [-0.3, -0.25) is 4.79 Å². The predicted octanol–water partition coefficient (Wildman–Crippen LogP) is 1.81. The largest absolute Gasteiger partial charge is 0.508 e. The number of rotatable bonds is 3. The highest BCUT2D eigenvalue weighted by molar-refractivity contribution is 5.79. The van der Waals surface area contributed by atoms with Gasteiger partial charge in [0.05, 0.1) is 0 Å². The van der Waals surface area contributed by atoms with E-state index in [1.54, 1.807) is 12.1 Å². The lowest BCUT2D eigenvalue weighted by Crippen LogP contribution is -2.33. The summed E-state index contributed by atoms with van der Waals surface area (Å²) in [6.45, 7) is 0.419. The van der Waals surface area contributed by atoms with Gasteiger partial charge in [-0.1, -0.05) is 24.6 Å². The van der Waals surface area contributed by atoms with Crippen LogP contribution in [0, 0.1) is 5.92 Å². The maximum absolute atomic E-state index is 11.5. The third-order valence-corrected chi connectivity index (χ3v) is 2.92. The second-order valence-corrected chi connectivity index (χ2v) is 3.97. The van der Waals surface area contributed by atoms with E-state index in [1.165, 1.54) is 0 Å². The molecule has 1 aromatic rings. The molecule has 1 aliphatic rings. The van der Waals surface area contributed by atoms with E-state index in [-0.39, 0.29) is 17.6 Å². The van der Waals surface area contributed by atoms with Crippen LogP contribution >= 0.6 is 0 Å². The van der Waals surface area contributed by atoms with E-state index >= 15 is 0 Å². The second kappa shape index (κ2) is 4.34. The van der Waals surface area contributed by atoms with Crippen molar-refractivity contribution in [1.82, 2.24) is 5.32 Å². The van der Waals surface area contributed by atoms with E-state index in [9.17, 15) is 9.90 Å². The number of phenolic OH excluding ortho intramolecular Hbond substituents is 1. The molecule has 0 spiro atoms. The van der Waals surface area contributed by atoms with Crippen molar-refractivity contribution in [1.29, 1.82) is 0 Å². The van der Waals surface area contributed by atoms with Crippen molar-refractivity contribution in [3.05, 3.63) is 29.8 Å². The molecule has 1 amide bonds. The van der Waals surface area contributed by atoms with Gasteiger partial charge in [0, 0.05) is 18.0 Å². The van der Waals surface area contributed by atoms with Gasteiger partial charge in [0.2, 0.25) is 5.91 Å². The zero-order chi connectivity index (χ0) is 10.7. The fraction of sp³-hybridized carbons (Fsp3) is 0.417. The van der Waals surface area contributed by atoms with Gasteiger partial charge in [-0.2, -0.15) is 0 Å². The van der Waals surface area contributed by atoms with Crippen LogP contribution in [0.4, 0.5) is 0 Å². The SMILES string of the molecule is O=C(NCc1ccccc1O)C1CCC1. The first kappa shape index (κ1) is 10.0. The lowest BCUT2D eigenvalue weighted by atomic mass is 9.85. The highest BCUT2D eigenvalue weighted by atomic mass is 16.3. The van der Waals surface area contributed by atoms with E-state index in [0.717, 1.165) is 24.8 Å². The number of hydrogen-bond donors (Lipinski definition) is 2. The standard InChI is InChI=1S/C12H15NO2/c14-11-7-2-1-4-10(11)8-13-12(15)9-5-3-6-9/h1-2,4,7,9,14H,3,5-6,8H2,(H,13,15). The van der Waals surface area contributed by atoms with Gasteiger partial charge in [-0.15, -0.1) is 0 Å². The molecule has 0 aromatic heterocycles. The van der Waals surface area contributed by atoms with Gasteiger partial charge in [-0.05, 0) is 18.9 Å². The van der Waals surface area contributed by atoms with Gasteiger partial charge >= 0.3 is 0 Å². The molecule has 1 aromatic carbocycles. The Morgan fingerprint density at radius 2 is 2.13 bits per heavy atom. The van der Waals surface area contributed by atoms with Crippen LogP contribution in [0.15, 0.2) is 24.3 Å². The average Bonchev–Trinajstić information content (AvgIpc) is 2.14. The molecular weight excluding hydrogens is 190 g/mol. The topological polar surface area (TPSA) is 49.3 Å². The molecule has 3 nitrogen and oxygen atoms in total. The highest BCUT2D eigenvalue weighted by Gasteiger charge is 2.24. The number of phenols is 1. The maximum atomic E-state index is 11.5. The second-order valence-electron chi connectivity index (χ2n) is 3.97. The maximum Gasteiger partial charge on any atom is 0.223 e. The zero-order valence-electron chi connectivity index (χ0n) is 8.57. The Bertz CT molecular complexity index is 358. The summed E-state index contributed by atoms with van der Waals surface area (Å²) in [5, 5.41) is 12.3. The molecule has 0 unspecified atom stereocenters. The molecule has 15 heavy (non-hydrogen) atoms. The van der Waals surface area contributed by atoms with Crippen LogP contribution in [-0.4, -0.2) is 11.0 Å². The molecule has 3 heteroatoms. The third-order valence-electron chi connectivity index (χ3n) is 2.92. The molecule has 0 heterocycles. The summed E-state index contributed by atoms with van der Waals surface area (Å²) in [5.41, 5.74) is 0.769. The van der Waals surface area contributed by atoms with E-state index in [2.05, 4.69) is 5.32 Å². The molecular formula is C12H15NO2. The Kier molecular flexibility index (Phi) is 2.90. The van der Waals surface area contributed by atoms with Crippen molar-refractivity contribution < 1.29 is 9.90 Å². The van der Waals surface area contributed by atoms with Gasteiger partial charge in [0.1, 0.15) is 5.75 Å². The van der Waals surface area contributed by atoms with Crippen LogP contribution in [0.1, 0.15) is 24.8 Å². The summed E-state index contributed by atoms with van der Waals surface area (Å²) in [4.78, 5) is 11.5. The van der Waals surface area contributed by atoms with Gasteiger partial charge in [0.25, 0.3) is 0 Å². The zero-order valence-corrected chi connectivity index (χ0v) is 8.57. The number of nitrogens with one attached hydrogen (secondary N) is 1. The molecule has 1 fully saturated rings. The first-order valence-electron chi connectivity index (χ1n) is 5.32. The predicted molar refractivity (Wildman–Crippen MR) is 57.3 cm³/mol. The van der Waals surface area contributed by atoms with Crippen molar-refractivity contribution >= 4 is 5.91 Å². The minimum Gasteiger partial charge on any atom is -0.508 e. The van der Waals surface area contributed by atoms with Crippen LogP contribution in [0.5, 0.6) is 5.75 Å². The van der Waals surface area contributed by atoms with Crippen molar-refractivity contribution in [2.75, 3.05) is 0 Å². The minimum atomic E-state index is 0.115. The lowest BCUT2D eigenvalue weighted by molar-refractivity contribution is -0.127. The van der Waals surface area contributed by atoms with E-state index in [1.807, 2.05) is 12.1 Å². The van der Waals surface area contributed by atoms with Crippen LogP contribution in [-0.2, 0) is 11.3 Å². The number of carbonyl (C=O) groups is 1. The van der Waals surface area contributed by atoms with Crippen molar-refractivity contribution in [2.24, 2.45) is 5.92 Å². The first-order chi connectivity index (χ1) is 7.27. The summed E-state index contributed by atoms with van der Waals surface area (Å²) in [6.07, 6.45) is 3.17. The van der Waals surface area contributed by atoms with Crippen molar-refractivity contribution in [3.63, 3.8) is 0 Å². The van der Waals surface area contributed by atoms with Gasteiger partial charge in [0.15, 0.2) is 0 Å². The van der Waals surface area contributed by atoms with Gasteiger partial charge in [-0.25, -0.2) is 0 Å². The molecule has 0 atom stereocenters. The molecule has 1 aliphatic carbocycles. The van der Waals surface area contributed by atoms with E-state index in [4.69, 9.17) is 0 Å². The number of aromatic hydroxyl groups is 1. The van der Waals surface area contributed by atoms with Crippen LogP contribution in [0.3, 0.4) is 0 Å². The summed E-state index contributed by atoms with van der Waals surface area (Å²) < 4.78 is 0. The van der Waals surface area contributed by atoms with E-state index < -0.39 is 0 Å². The highest BCUT2D eigenvalue weighted by Crippen LogP contribution is 2.26. The minimum absolute atomic E-state index is 0.115. The first-order valence-corrected chi connectivity index (χ1v) is 5.32. The normalized spacial score (nSPS) is 15.7. The number of para-hydroxylation sites is 1. The molecule has 0 aliphatic heterocycles. The van der Waals surface area contributed by atoms with E-state index in [0.29, 0.717) is 6.54 Å². The quantitative estimate of drug-likeness (QED) is 0.790. The summed E-state index contributed by atoms with van der Waals surface area (Å²) in [5.74, 6) is 0.562. The number of carbonyl (C=O) groups excluding carboxylic acids is 1. The Hall–Kier alpha value is -1.51. The summed E-state index contributed by atoms with van der Waals surface area (Å²) >= 11 is 0. The monoisotopic (exact) mass is 205 g/mol. The summed E-state index contributed by atoms with van der Waals surface area (Å²) in [6, 6.07) is 7.07. The molecule has 2 rings (SSSR count). The molecule has 2 N–H and O–H groups in total. The molecule has 0 saturated heterocycles. The Labute approximate surface area is 89.1 Å². The molecule has 1 saturated carbocycles. The summed E-state index contributed by atoms with van der Waals surface area (Å²) in [7, 11) is 0. The van der Waals surface area contributed by atoms with Crippen molar-refractivity contribution in [2.45, 2.75) is 25.8 Å².